The second-order valence-electron chi connectivity index (χ2n) is 4.79. The first-order chi connectivity index (χ1) is 11.7. The van der Waals surface area contributed by atoms with Gasteiger partial charge in [0.05, 0.1) is 12.1 Å². The van der Waals surface area contributed by atoms with Crippen LogP contribution >= 0.6 is 24.0 Å². The second kappa shape index (κ2) is 9.10. The van der Waals surface area contributed by atoms with Crippen molar-refractivity contribution in [3.8, 4) is 16.2 Å². The van der Waals surface area contributed by atoms with Gasteiger partial charge in [-0.05, 0) is 36.1 Å². The lowest BCUT2D eigenvalue weighted by molar-refractivity contribution is -0.115. The Morgan fingerprint density at radius 1 is 1.21 bits per heavy atom. The summed E-state index contributed by atoms with van der Waals surface area (Å²) in [5.74, 6) is -0.0129. The molecule has 124 valence electrons. The number of aromatic nitrogens is 1. The number of rotatable bonds is 4. The lowest BCUT2D eigenvalue weighted by Gasteiger charge is -2.04. The zero-order valence-corrected chi connectivity index (χ0v) is 14.8. The molecule has 0 bridgehead atoms. The molecule has 1 amide bonds. The molecule has 0 fully saturated rings. The molecule has 0 saturated carbocycles. The number of benzene rings is 1. The Bertz CT molecular complexity index is 788. The fourth-order valence-electron chi connectivity index (χ4n) is 2.11. The molecule has 2 aromatic heterocycles. The summed E-state index contributed by atoms with van der Waals surface area (Å²) in [7, 11) is 0. The summed E-state index contributed by atoms with van der Waals surface area (Å²) in [6, 6.07) is 12.6. The largest absolute Gasteiger partial charge is 0.508 e. The number of carbonyl (C=O) groups excluding carboxylic acids is 1. The van der Waals surface area contributed by atoms with Crippen LogP contribution in [0.2, 0.25) is 0 Å². The number of phenolic OH excluding ortho intramolecular Hbond substituents is 1. The second-order valence-corrected chi connectivity index (χ2v) is 5.70. The quantitative estimate of drug-likeness (QED) is 0.611. The number of para-hydroxylation sites is 1. The van der Waals surface area contributed by atoms with Gasteiger partial charge >= 0.3 is 0 Å². The Kier molecular flexibility index (Phi) is 6.84. The fourth-order valence-corrected chi connectivity index (χ4v) is 2.96. The lowest BCUT2D eigenvalue weighted by atomic mass is 10.1. The highest BCUT2D eigenvalue weighted by atomic mass is 32.1. The molecule has 3 rings (SSSR count). The summed E-state index contributed by atoms with van der Waals surface area (Å²) in [5, 5.41) is 14.4. The molecule has 0 radical (unpaired) electrons. The summed E-state index contributed by atoms with van der Waals surface area (Å²) < 4.78 is 0. The van der Waals surface area contributed by atoms with Crippen LogP contribution in [0.15, 0.2) is 60.2 Å². The van der Waals surface area contributed by atoms with Crippen LogP contribution in [0.25, 0.3) is 10.4 Å². The highest BCUT2D eigenvalue weighted by Crippen LogP contribution is 2.29. The molecule has 0 atom stereocenters. The van der Waals surface area contributed by atoms with Crippen LogP contribution in [0.3, 0.4) is 0 Å². The number of nitrogens with one attached hydrogen (secondary N) is 1. The van der Waals surface area contributed by atoms with Crippen LogP contribution in [0.1, 0.15) is 5.56 Å². The standard InChI is InChI=1S/C17H14N2O2S.CH4S/c20-15-4-2-1-3-13(15)9-17(21)19-14-10-16(22-11-14)12-5-7-18-8-6-12;1-2/h1-8,10-11,20H,9H2,(H,19,21);2H,1H3. The molecular formula is C18H18N2O2S2. The van der Waals surface area contributed by atoms with Crippen molar-refractivity contribution in [3.05, 3.63) is 65.8 Å². The zero-order valence-electron chi connectivity index (χ0n) is 13.1. The van der Waals surface area contributed by atoms with Crippen LogP contribution in [0.5, 0.6) is 5.75 Å². The number of anilines is 1. The lowest BCUT2D eigenvalue weighted by Crippen LogP contribution is -2.13. The molecule has 3 aromatic rings. The van der Waals surface area contributed by atoms with E-state index < -0.39 is 0 Å². The fraction of sp³-hybridized carbons (Fsp3) is 0.111. The van der Waals surface area contributed by atoms with E-state index >= 15 is 0 Å². The van der Waals surface area contributed by atoms with Crippen molar-refractivity contribution in [2.45, 2.75) is 6.42 Å². The van der Waals surface area contributed by atoms with E-state index in [1.807, 2.05) is 23.6 Å². The maximum absolute atomic E-state index is 12.1. The van der Waals surface area contributed by atoms with Crippen molar-refractivity contribution in [1.82, 2.24) is 4.98 Å². The van der Waals surface area contributed by atoms with Crippen molar-refractivity contribution < 1.29 is 9.90 Å². The van der Waals surface area contributed by atoms with E-state index in [9.17, 15) is 9.90 Å². The third-order valence-electron chi connectivity index (χ3n) is 3.19. The van der Waals surface area contributed by atoms with Gasteiger partial charge in [-0.25, -0.2) is 0 Å². The molecule has 4 nitrogen and oxygen atoms in total. The average molecular weight is 358 g/mol. The molecule has 0 aliphatic rings. The number of thiophene rings is 1. The molecule has 6 heteroatoms. The minimum Gasteiger partial charge on any atom is -0.508 e. The molecule has 0 unspecified atom stereocenters. The summed E-state index contributed by atoms with van der Waals surface area (Å²) in [6.45, 7) is 0. The van der Waals surface area contributed by atoms with Crippen molar-refractivity contribution >= 4 is 35.6 Å². The molecule has 2 N–H and O–H groups in total. The van der Waals surface area contributed by atoms with Crippen LogP contribution in [-0.2, 0) is 11.2 Å². The van der Waals surface area contributed by atoms with Gasteiger partial charge in [0.1, 0.15) is 5.75 Å². The van der Waals surface area contributed by atoms with Crippen molar-refractivity contribution in [2.24, 2.45) is 0 Å². The van der Waals surface area contributed by atoms with E-state index in [0.717, 1.165) is 16.1 Å². The minimum absolute atomic E-state index is 0.139. The average Bonchev–Trinajstić information content (AvgIpc) is 3.08. The van der Waals surface area contributed by atoms with Crippen LogP contribution in [0, 0.1) is 0 Å². The molecule has 0 saturated heterocycles. The van der Waals surface area contributed by atoms with Crippen molar-refractivity contribution in [2.75, 3.05) is 11.6 Å². The minimum atomic E-state index is -0.152. The number of hydrogen-bond donors (Lipinski definition) is 3. The summed E-state index contributed by atoms with van der Waals surface area (Å²) in [6.07, 6.45) is 5.32. The highest BCUT2D eigenvalue weighted by molar-refractivity contribution is 7.79. The Morgan fingerprint density at radius 2 is 1.92 bits per heavy atom. The maximum Gasteiger partial charge on any atom is 0.228 e. The van der Waals surface area contributed by atoms with Crippen LogP contribution < -0.4 is 5.32 Å². The van der Waals surface area contributed by atoms with Gasteiger partial charge in [0, 0.05) is 28.2 Å². The number of carbonyl (C=O) groups is 1. The van der Waals surface area contributed by atoms with E-state index in [-0.39, 0.29) is 18.1 Å². The number of phenols is 1. The summed E-state index contributed by atoms with van der Waals surface area (Å²) in [4.78, 5) is 17.1. The number of amides is 1. The van der Waals surface area contributed by atoms with Crippen LogP contribution in [-0.4, -0.2) is 22.3 Å². The van der Waals surface area contributed by atoms with Crippen LogP contribution in [0.4, 0.5) is 5.69 Å². The summed E-state index contributed by atoms with van der Waals surface area (Å²) in [5.41, 5.74) is 2.45. The molecule has 0 aliphatic heterocycles. The number of pyridine rings is 1. The van der Waals surface area contributed by atoms with Gasteiger partial charge in [-0.15, -0.1) is 11.3 Å². The number of nitrogens with zero attached hydrogens (tertiary/aromatic N) is 1. The normalized spacial score (nSPS) is 9.75. The third kappa shape index (κ3) is 4.84. The van der Waals surface area contributed by atoms with E-state index in [2.05, 4.69) is 22.9 Å². The van der Waals surface area contributed by atoms with Gasteiger partial charge < -0.3 is 10.4 Å². The number of aromatic hydroxyl groups is 1. The molecular weight excluding hydrogens is 340 g/mol. The van der Waals surface area contributed by atoms with Gasteiger partial charge in [0.15, 0.2) is 0 Å². The predicted octanol–water partition coefficient (Wildman–Crippen LogP) is 4.24. The Morgan fingerprint density at radius 3 is 2.62 bits per heavy atom. The maximum atomic E-state index is 12.1. The molecule has 1 aromatic carbocycles. The van der Waals surface area contributed by atoms with E-state index in [4.69, 9.17) is 0 Å². The first kappa shape index (κ1) is 18.0. The molecule has 0 aliphatic carbocycles. The number of hydrogen-bond acceptors (Lipinski definition) is 5. The van der Waals surface area contributed by atoms with Gasteiger partial charge in [-0.1, -0.05) is 18.2 Å². The van der Waals surface area contributed by atoms with Gasteiger partial charge in [0.25, 0.3) is 0 Å². The first-order valence-corrected chi connectivity index (χ1v) is 9.00. The zero-order chi connectivity index (χ0) is 17.4. The van der Waals surface area contributed by atoms with E-state index in [1.165, 1.54) is 0 Å². The Labute approximate surface area is 150 Å². The Hall–Kier alpha value is -2.31. The Balaban J connectivity index is 0.00000100. The molecule has 2 heterocycles. The molecule has 24 heavy (non-hydrogen) atoms. The van der Waals surface area contributed by atoms with Gasteiger partial charge in [0.2, 0.25) is 5.91 Å². The first-order valence-electron chi connectivity index (χ1n) is 7.23. The van der Waals surface area contributed by atoms with Crippen molar-refractivity contribution in [3.63, 3.8) is 0 Å². The topological polar surface area (TPSA) is 62.2 Å². The molecule has 0 spiro atoms. The highest BCUT2D eigenvalue weighted by Gasteiger charge is 2.09. The summed E-state index contributed by atoms with van der Waals surface area (Å²) >= 11 is 5.09. The monoisotopic (exact) mass is 358 g/mol. The van der Waals surface area contributed by atoms with E-state index in [1.54, 1.807) is 54.3 Å². The predicted molar refractivity (Wildman–Crippen MR) is 103 cm³/mol. The van der Waals surface area contributed by atoms with Gasteiger partial charge in [-0.2, -0.15) is 12.6 Å². The SMILES string of the molecule is CS.O=C(Cc1ccccc1O)Nc1csc(-c2ccncc2)c1. The van der Waals surface area contributed by atoms with Gasteiger partial charge in [-0.3, -0.25) is 9.78 Å². The van der Waals surface area contributed by atoms with Crippen molar-refractivity contribution in [1.29, 1.82) is 0 Å². The number of thiol groups is 1. The van der Waals surface area contributed by atoms with E-state index in [0.29, 0.717) is 5.56 Å². The smallest absolute Gasteiger partial charge is 0.228 e. The third-order valence-corrected chi connectivity index (χ3v) is 4.17.